The number of pyridine rings is 1. The normalized spacial score (nSPS) is 14.4. The molecule has 0 fully saturated rings. The summed E-state index contributed by atoms with van der Waals surface area (Å²) in [5.41, 5.74) is 3.91. The highest BCUT2D eigenvalue weighted by atomic mass is 35.5. The summed E-state index contributed by atoms with van der Waals surface area (Å²) in [5.74, 6) is 0.769. The van der Waals surface area contributed by atoms with Crippen LogP contribution in [0.1, 0.15) is 39.5 Å². The molecule has 2 aromatic carbocycles. The highest BCUT2D eigenvalue weighted by Gasteiger charge is 2.23. The summed E-state index contributed by atoms with van der Waals surface area (Å²) < 4.78 is 10.9. The largest absolute Gasteiger partial charge is 0.493 e. The van der Waals surface area contributed by atoms with Crippen molar-refractivity contribution in [2.45, 2.75) is 25.2 Å². The Morgan fingerprint density at radius 1 is 1.15 bits per heavy atom. The number of halogens is 1. The number of carboxylic acids is 1. The third kappa shape index (κ3) is 5.31. The zero-order valence-corrected chi connectivity index (χ0v) is 19.8. The molecule has 176 valence electrons. The van der Waals surface area contributed by atoms with Gasteiger partial charge in [0, 0.05) is 29.5 Å². The Morgan fingerprint density at radius 3 is 2.68 bits per heavy atom. The standard InChI is InChI=1S/C26H26ClN3O4/c1-33-23-14-21-17(9-11-28-22(21)15-24(23)34-2)13-19-6-7-20(26(31)32)25(30-19)29-10-8-16-4-3-5-18(27)12-16/h3-7,11-12,14-15,17H,8-10,13H2,1-2H3,(H,29,30)(H,31,32). The van der Waals surface area contributed by atoms with Gasteiger partial charge in [0.1, 0.15) is 11.4 Å². The molecular formula is C26H26ClN3O4. The topological polar surface area (TPSA) is 93.0 Å². The van der Waals surface area contributed by atoms with Crippen LogP contribution < -0.4 is 14.8 Å². The van der Waals surface area contributed by atoms with Crippen LogP contribution in [0.3, 0.4) is 0 Å². The summed E-state index contributed by atoms with van der Waals surface area (Å²) in [4.78, 5) is 20.9. The van der Waals surface area contributed by atoms with Crippen molar-refractivity contribution in [1.82, 2.24) is 4.98 Å². The smallest absolute Gasteiger partial charge is 0.339 e. The van der Waals surface area contributed by atoms with Gasteiger partial charge in [-0.3, -0.25) is 4.99 Å². The van der Waals surface area contributed by atoms with Crippen LogP contribution in [0.25, 0.3) is 0 Å². The predicted octanol–water partition coefficient (Wildman–Crippen LogP) is 5.54. The van der Waals surface area contributed by atoms with E-state index in [1.165, 1.54) is 0 Å². The molecule has 4 rings (SSSR count). The molecule has 0 saturated heterocycles. The number of carboxylic acid groups (broad SMARTS) is 1. The number of hydrogen-bond acceptors (Lipinski definition) is 6. The van der Waals surface area contributed by atoms with Gasteiger partial charge in [-0.05, 0) is 66.6 Å². The number of hydrogen-bond donors (Lipinski definition) is 2. The average molecular weight is 480 g/mol. The summed E-state index contributed by atoms with van der Waals surface area (Å²) in [6.45, 7) is 0.535. The van der Waals surface area contributed by atoms with Crippen LogP contribution in [0.4, 0.5) is 11.5 Å². The Hall–Kier alpha value is -3.58. The zero-order chi connectivity index (χ0) is 24.1. The summed E-state index contributed by atoms with van der Waals surface area (Å²) >= 11 is 6.06. The van der Waals surface area contributed by atoms with Crippen molar-refractivity contribution in [2.24, 2.45) is 4.99 Å². The minimum absolute atomic E-state index is 0.134. The average Bonchev–Trinajstić information content (AvgIpc) is 2.83. The van der Waals surface area contributed by atoms with Gasteiger partial charge in [0.25, 0.3) is 0 Å². The molecule has 1 aromatic heterocycles. The fourth-order valence-electron chi connectivity index (χ4n) is 4.11. The van der Waals surface area contributed by atoms with Gasteiger partial charge in [-0.1, -0.05) is 23.7 Å². The van der Waals surface area contributed by atoms with E-state index in [1.807, 2.05) is 42.6 Å². The van der Waals surface area contributed by atoms with E-state index in [0.29, 0.717) is 41.7 Å². The van der Waals surface area contributed by atoms with Crippen molar-refractivity contribution in [3.63, 3.8) is 0 Å². The Balaban J connectivity index is 1.54. The van der Waals surface area contributed by atoms with Crippen molar-refractivity contribution in [3.8, 4) is 11.5 Å². The summed E-state index contributed by atoms with van der Waals surface area (Å²) in [5, 5.41) is 13.5. The van der Waals surface area contributed by atoms with Gasteiger partial charge in [0.05, 0.1) is 19.9 Å². The first-order valence-corrected chi connectivity index (χ1v) is 11.4. The second-order valence-corrected chi connectivity index (χ2v) is 8.46. The molecule has 2 heterocycles. The molecule has 7 nitrogen and oxygen atoms in total. The number of carbonyl (C=O) groups is 1. The molecule has 0 amide bonds. The third-order valence-electron chi connectivity index (χ3n) is 5.83. The maximum absolute atomic E-state index is 11.8. The molecule has 0 radical (unpaired) electrons. The van der Waals surface area contributed by atoms with Gasteiger partial charge in [0.2, 0.25) is 0 Å². The molecule has 0 spiro atoms. The van der Waals surface area contributed by atoms with E-state index in [4.69, 9.17) is 21.1 Å². The molecule has 2 N–H and O–H groups in total. The van der Waals surface area contributed by atoms with Gasteiger partial charge < -0.3 is 19.9 Å². The third-order valence-corrected chi connectivity index (χ3v) is 6.06. The molecule has 0 bridgehead atoms. The maximum Gasteiger partial charge on any atom is 0.339 e. The van der Waals surface area contributed by atoms with Crippen molar-refractivity contribution >= 4 is 35.3 Å². The number of rotatable bonds is 9. The van der Waals surface area contributed by atoms with E-state index in [0.717, 1.165) is 28.9 Å². The summed E-state index contributed by atoms with van der Waals surface area (Å²) in [6.07, 6.45) is 3.98. The number of benzene rings is 2. The van der Waals surface area contributed by atoms with Gasteiger partial charge in [-0.25, -0.2) is 9.78 Å². The summed E-state index contributed by atoms with van der Waals surface area (Å²) in [7, 11) is 3.21. The lowest BCUT2D eigenvalue weighted by Gasteiger charge is -2.23. The number of anilines is 1. The van der Waals surface area contributed by atoms with Crippen molar-refractivity contribution < 1.29 is 19.4 Å². The van der Waals surface area contributed by atoms with Gasteiger partial charge in [0.15, 0.2) is 11.5 Å². The zero-order valence-electron chi connectivity index (χ0n) is 19.0. The SMILES string of the molecule is COc1cc2c(cc1OC)C(Cc1ccc(C(=O)O)c(NCCc3cccc(Cl)c3)n1)CC=N2. The fourth-order valence-corrected chi connectivity index (χ4v) is 4.32. The lowest BCUT2D eigenvalue weighted by molar-refractivity contribution is 0.0697. The minimum atomic E-state index is -1.02. The van der Waals surface area contributed by atoms with E-state index >= 15 is 0 Å². The molecule has 3 aromatic rings. The molecule has 0 aliphatic carbocycles. The van der Waals surface area contributed by atoms with Crippen LogP contribution in [0, 0.1) is 0 Å². The van der Waals surface area contributed by atoms with E-state index in [1.54, 1.807) is 26.4 Å². The molecule has 1 atom stereocenters. The number of ether oxygens (including phenoxy) is 2. The van der Waals surface area contributed by atoms with Crippen molar-refractivity contribution in [2.75, 3.05) is 26.1 Å². The van der Waals surface area contributed by atoms with Crippen molar-refractivity contribution in [1.29, 1.82) is 0 Å². The Morgan fingerprint density at radius 2 is 1.94 bits per heavy atom. The van der Waals surface area contributed by atoms with Gasteiger partial charge in [-0.15, -0.1) is 0 Å². The number of methoxy groups -OCH3 is 2. The molecular weight excluding hydrogens is 454 g/mol. The molecule has 1 unspecified atom stereocenters. The van der Waals surface area contributed by atoms with Crippen LogP contribution >= 0.6 is 11.6 Å². The lowest BCUT2D eigenvalue weighted by Crippen LogP contribution is -2.14. The molecule has 34 heavy (non-hydrogen) atoms. The van der Waals surface area contributed by atoms with E-state index in [9.17, 15) is 9.90 Å². The van der Waals surface area contributed by atoms with Gasteiger partial charge in [-0.2, -0.15) is 0 Å². The molecule has 1 aliphatic heterocycles. The minimum Gasteiger partial charge on any atom is -0.493 e. The van der Waals surface area contributed by atoms with Crippen LogP contribution in [0.2, 0.25) is 5.02 Å². The Kier molecular flexibility index (Phi) is 7.33. The van der Waals surface area contributed by atoms with E-state index in [2.05, 4.69) is 15.3 Å². The first-order valence-electron chi connectivity index (χ1n) is 11.0. The monoisotopic (exact) mass is 479 g/mol. The highest BCUT2D eigenvalue weighted by Crippen LogP contribution is 2.42. The molecule has 0 saturated carbocycles. The number of fused-ring (bicyclic) bond motifs is 1. The first kappa shape index (κ1) is 23.6. The van der Waals surface area contributed by atoms with Gasteiger partial charge >= 0.3 is 5.97 Å². The number of nitrogens with one attached hydrogen (secondary N) is 1. The van der Waals surface area contributed by atoms with Crippen LogP contribution in [-0.4, -0.2) is 43.0 Å². The van der Waals surface area contributed by atoms with E-state index < -0.39 is 5.97 Å². The molecule has 8 heteroatoms. The Bertz CT molecular complexity index is 1230. The number of aromatic nitrogens is 1. The quantitative estimate of drug-likeness (QED) is 0.418. The number of aliphatic imine (C=N–C) groups is 1. The second kappa shape index (κ2) is 10.6. The second-order valence-electron chi connectivity index (χ2n) is 8.03. The van der Waals surface area contributed by atoms with Crippen LogP contribution in [-0.2, 0) is 12.8 Å². The Labute approximate surface area is 203 Å². The fraction of sp³-hybridized carbons (Fsp3) is 0.269. The number of nitrogens with zero attached hydrogens (tertiary/aromatic N) is 2. The predicted molar refractivity (Wildman–Crippen MR) is 134 cm³/mol. The van der Waals surface area contributed by atoms with Crippen LogP contribution in [0.5, 0.6) is 11.5 Å². The van der Waals surface area contributed by atoms with Crippen LogP contribution in [0.15, 0.2) is 53.5 Å². The number of aromatic carboxylic acids is 1. The lowest BCUT2D eigenvalue weighted by atomic mass is 9.88. The first-order chi connectivity index (χ1) is 16.5. The van der Waals surface area contributed by atoms with E-state index in [-0.39, 0.29) is 11.5 Å². The summed E-state index contributed by atoms with van der Waals surface area (Å²) in [6, 6.07) is 14.8. The molecule has 1 aliphatic rings. The van der Waals surface area contributed by atoms with Crippen molar-refractivity contribution in [3.05, 3.63) is 75.9 Å². The maximum atomic E-state index is 11.8. The highest BCUT2D eigenvalue weighted by molar-refractivity contribution is 6.30.